The zero-order valence-corrected chi connectivity index (χ0v) is 26.4. The summed E-state index contributed by atoms with van der Waals surface area (Å²) in [5.74, 6) is -3.76. The number of nitrogens with one attached hydrogen (secondary N) is 1. The minimum absolute atomic E-state index is 0.0370. The average Bonchev–Trinajstić information content (AvgIpc) is 3.47. The van der Waals surface area contributed by atoms with Crippen molar-refractivity contribution >= 4 is 52.2 Å². The molecule has 0 unspecified atom stereocenters. The second-order valence-corrected chi connectivity index (χ2v) is 11.6. The number of ether oxygens (including phenoxy) is 1. The summed E-state index contributed by atoms with van der Waals surface area (Å²) in [6.45, 7) is 1.52. The van der Waals surface area contributed by atoms with E-state index in [9.17, 15) is 32.3 Å². The summed E-state index contributed by atoms with van der Waals surface area (Å²) in [6, 6.07) is 12.2. The Morgan fingerprint density at radius 2 is 1.80 bits per heavy atom. The molecule has 12 nitrogen and oxygen atoms in total. The van der Waals surface area contributed by atoms with Crippen molar-refractivity contribution in [2.75, 3.05) is 38.8 Å². The number of alkyl halides is 3. The van der Waals surface area contributed by atoms with Crippen molar-refractivity contribution in [1.29, 1.82) is 0 Å². The molecule has 1 aliphatic rings. The second-order valence-electron chi connectivity index (χ2n) is 10.6. The summed E-state index contributed by atoms with van der Waals surface area (Å²) < 4.78 is 36.6. The zero-order chi connectivity index (χ0) is 34.4. The van der Waals surface area contributed by atoms with Crippen LogP contribution in [0.5, 0.6) is 0 Å². The number of carbonyl (C=O) groups excluding carboxylic acids is 4. The van der Waals surface area contributed by atoms with Crippen LogP contribution in [0.25, 0.3) is 10.8 Å². The lowest BCUT2D eigenvalue weighted by Crippen LogP contribution is -2.50. The number of carboxylic acid groups (broad SMARTS) is 1. The van der Waals surface area contributed by atoms with Gasteiger partial charge in [-0.25, -0.2) is 9.59 Å². The molecule has 1 fully saturated rings. The van der Waals surface area contributed by atoms with Gasteiger partial charge in [0.25, 0.3) is 0 Å². The number of primary amides is 1. The largest absolute Gasteiger partial charge is 0.490 e. The molecule has 2 aromatic carbocycles. The molecule has 0 aromatic heterocycles. The maximum Gasteiger partial charge on any atom is 0.490 e. The van der Waals surface area contributed by atoms with Crippen molar-refractivity contribution in [3.05, 3.63) is 48.0 Å². The number of aliphatic carboxylic acids is 1. The van der Waals surface area contributed by atoms with E-state index in [4.69, 9.17) is 26.1 Å². The highest BCUT2D eigenvalue weighted by atomic mass is 32.2. The van der Waals surface area contributed by atoms with Gasteiger partial charge in [-0.1, -0.05) is 42.5 Å². The van der Waals surface area contributed by atoms with Gasteiger partial charge in [-0.15, -0.1) is 0 Å². The van der Waals surface area contributed by atoms with Crippen LogP contribution in [0.1, 0.15) is 31.2 Å². The van der Waals surface area contributed by atoms with Crippen molar-refractivity contribution in [3.8, 4) is 0 Å². The highest BCUT2D eigenvalue weighted by Gasteiger charge is 2.38. The number of methoxy groups -OCH3 is 1. The molecule has 2 aromatic rings. The Bertz CT molecular complexity index is 1360. The van der Waals surface area contributed by atoms with Gasteiger partial charge in [-0.05, 0) is 47.6 Å². The minimum atomic E-state index is -5.08. The van der Waals surface area contributed by atoms with Gasteiger partial charge in [-0.2, -0.15) is 24.9 Å². The monoisotopic (exact) mass is 671 g/mol. The van der Waals surface area contributed by atoms with E-state index in [0.29, 0.717) is 31.8 Å². The molecule has 46 heavy (non-hydrogen) atoms. The molecule has 3 atom stereocenters. The predicted octanol–water partition coefficient (Wildman–Crippen LogP) is 1.88. The molecule has 1 saturated heterocycles. The van der Waals surface area contributed by atoms with Gasteiger partial charge in [0.1, 0.15) is 6.04 Å². The van der Waals surface area contributed by atoms with Crippen LogP contribution in [0.4, 0.5) is 13.2 Å². The van der Waals surface area contributed by atoms with Crippen LogP contribution in [0.3, 0.4) is 0 Å². The molecule has 3 rings (SSSR count). The minimum Gasteiger partial charge on any atom is -0.475 e. The molecule has 254 valence electrons. The number of benzene rings is 2. The molecule has 0 aliphatic carbocycles. The van der Waals surface area contributed by atoms with Gasteiger partial charge >= 0.3 is 18.1 Å². The van der Waals surface area contributed by atoms with Gasteiger partial charge in [0, 0.05) is 25.7 Å². The highest BCUT2D eigenvalue weighted by molar-refractivity contribution is 7.98. The number of carboxylic acids is 1. The fourth-order valence-corrected chi connectivity index (χ4v) is 5.46. The van der Waals surface area contributed by atoms with E-state index in [-0.39, 0.29) is 30.8 Å². The van der Waals surface area contributed by atoms with Crippen LogP contribution in [0.15, 0.2) is 42.5 Å². The topological polar surface area (TPSA) is 185 Å². The zero-order valence-electron chi connectivity index (χ0n) is 25.6. The van der Waals surface area contributed by atoms with Crippen LogP contribution >= 0.6 is 11.8 Å². The van der Waals surface area contributed by atoms with Gasteiger partial charge < -0.3 is 31.5 Å². The quantitative estimate of drug-likeness (QED) is 0.216. The summed E-state index contributed by atoms with van der Waals surface area (Å²) in [6.07, 6.45) is -1.24. The molecule has 6 N–H and O–H groups in total. The van der Waals surface area contributed by atoms with Crippen LogP contribution in [0, 0.1) is 0 Å². The molecule has 0 bridgehead atoms. The van der Waals surface area contributed by atoms with Gasteiger partial charge in [0.2, 0.25) is 17.7 Å². The van der Waals surface area contributed by atoms with Gasteiger partial charge in [-0.3, -0.25) is 19.3 Å². The fourth-order valence-electron chi connectivity index (χ4n) is 4.98. The van der Waals surface area contributed by atoms with Crippen LogP contribution in [0.2, 0.25) is 0 Å². The van der Waals surface area contributed by atoms with E-state index < -0.39 is 36.1 Å². The summed E-state index contributed by atoms with van der Waals surface area (Å²) in [7, 11) is 1.31. The normalized spacial score (nSPS) is 15.9. The summed E-state index contributed by atoms with van der Waals surface area (Å²) in [5, 5.41) is 12.1. The fraction of sp³-hybridized carbons (Fsp3) is 0.500. The Hall–Kier alpha value is -3.89. The first-order valence-corrected chi connectivity index (χ1v) is 15.8. The Labute approximate surface area is 268 Å². The maximum absolute atomic E-state index is 13.2. The van der Waals surface area contributed by atoms with E-state index in [1.54, 1.807) is 16.7 Å². The van der Waals surface area contributed by atoms with Crippen LogP contribution < -0.4 is 16.8 Å². The first kappa shape index (κ1) is 38.3. The molecule has 16 heteroatoms. The van der Waals surface area contributed by atoms with Crippen molar-refractivity contribution in [3.63, 3.8) is 0 Å². The van der Waals surface area contributed by atoms with Crippen LogP contribution in [-0.4, -0.2) is 108 Å². The Balaban J connectivity index is 0.000000942. The van der Waals surface area contributed by atoms with Crippen LogP contribution in [-0.2, 0) is 35.3 Å². The summed E-state index contributed by atoms with van der Waals surface area (Å²) >= 11 is 1.59. The summed E-state index contributed by atoms with van der Waals surface area (Å²) in [5.41, 5.74) is 12.1. The van der Waals surface area contributed by atoms with Gasteiger partial charge in [0.05, 0.1) is 26.1 Å². The van der Waals surface area contributed by atoms with E-state index in [2.05, 4.69) is 11.4 Å². The molecule has 0 spiro atoms. The predicted molar refractivity (Wildman–Crippen MR) is 166 cm³/mol. The molecule has 3 amide bonds. The first-order chi connectivity index (χ1) is 21.7. The molecule has 0 radical (unpaired) electrons. The maximum atomic E-state index is 13.2. The van der Waals surface area contributed by atoms with E-state index in [0.717, 1.165) is 29.2 Å². The number of nitrogens with two attached hydrogens (primary N) is 2. The number of fused-ring (bicyclic) bond motifs is 1. The number of thioether (sulfide) groups is 1. The van der Waals surface area contributed by atoms with E-state index >= 15 is 0 Å². The number of amides is 3. The van der Waals surface area contributed by atoms with Crippen molar-refractivity contribution in [2.45, 2.75) is 56.5 Å². The number of hydrogen-bond donors (Lipinski definition) is 4. The van der Waals surface area contributed by atoms with Crippen molar-refractivity contribution in [1.82, 2.24) is 15.1 Å². The molecule has 0 saturated carbocycles. The SMILES string of the molecule is COC(=O)[C@H](CCSC)NC(=O)CN(Cc1cccc2ccccc12)C[C@@H]1CCCN1C(=O)C[C@H](N)C(N)=O.O=C(O)C(F)(F)F. The standard InChI is InChI=1S/C28H39N5O5S.C2HF3O2/c1-38-28(37)24(12-14-39-2)31-25(34)18-32(16-20-9-5-8-19-7-3-4-11-22(19)20)17-21-10-6-13-33(21)26(35)15-23(29)27(30)36;3-2(4,5)1(6)7/h3-5,7-9,11,21,23-24H,6,10,12-18,29H2,1-2H3,(H2,30,36)(H,31,34);(H,6,7)/t21-,23-,24-;/m0./s1. The number of carbonyl (C=O) groups is 5. The van der Waals surface area contributed by atoms with E-state index in [1.807, 2.05) is 47.6 Å². The highest BCUT2D eigenvalue weighted by Crippen LogP contribution is 2.23. The van der Waals surface area contributed by atoms with Crippen molar-refractivity contribution < 1.29 is 47.0 Å². The lowest BCUT2D eigenvalue weighted by atomic mass is 10.0. The van der Waals surface area contributed by atoms with E-state index in [1.165, 1.54) is 7.11 Å². The molecular weight excluding hydrogens is 631 g/mol. The second kappa shape index (κ2) is 18.3. The molecule has 1 heterocycles. The Kier molecular flexibility index (Phi) is 15.2. The number of nitrogens with zero attached hydrogens (tertiary/aromatic N) is 2. The Morgan fingerprint density at radius 3 is 2.41 bits per heavy atom. The summed E-state index contributed by atoms with van der Waals surface area (Å²) in [4.78, 5) is 62.5. The third-order valence-electron chi connectivity index (χ3n) is 7.24. The number of rotatable bonds is 14. The number of hydrogen-bond acceptors (Lipinski definition) is 9. The number of esters is 1. The third kappa shape index (κ3) is 12.1. The number of likely N-dealkylation sites (tertiary alicyclic amines) is 1. The Morgan fingerprint density at radius 1 is 1.15 bits per heavy atom. The molecule has 1 aliphatic heterocycles. The van der Waals surface area contributed by atoms with Crippen molar-refractivity contribution in [2.24, 2.45) is 11.5 Å². The lowest BCUT2D eigenvalue weighted by Gasteiger charge is -2.31. The van der Waals surface area contributed by atoms with Gasteiger partial charge in [0.15, 0.2) is 0 Å². The first-order valence-electron chi connectivity index (χ1n) is 14.4. The lowest BCUT2D eigenvalue weighted by molar-refractivity contribution is -0.192. The molecular formula is C30H40F3N5O7S. The third-order valence-corrected chi connectivity index (χ3v) is 7.89. The average molecular weight is 672 g/mol. The number of halogens is 3. The smallest absolute Gasteiger partial charge is 0.475 e.